The molecule has 1 aliphatic rings. The zero-order valence-electron chi connectivity index (χ0n) is 7.58. The van der Waals surface area contributed by atoms with Crippen LogP contribution >= 0.6 is 0 Å². The number of ketones is 1. The maximum absolute atomic E-state index is 11.3. The lowest BCUT2D eigenvalue weighted by molar-refractivity contribution is -0.142. The fourth-order valence-corrected chi connectivity index (χ4v) is 1.13. The molecule has 0 amide bonds. The Morgan fingerprint density at radius 1 is 1.46 bits per heavy atom. The molecule has 1 aliphatic carbocycles. The number of rotatable bonds is 3. The van der Waals surface area contributed by atoms with Crippen molar-refractivity contribution in [3.63, 3.8) is 0 Å². The van der Waals surface area contributed by atoms with Crippen LogP contribution in [0.5, 0.6) is 0 Å². The van der Waals surface area contributed by atoms with Crippen LogP contribution in [0.2, 0.25) is 0 Å². The molecule has 70 valence electrons. The van der Waals surface area contributed by atoms with Crippen LogP contribution in [0.3, 0.4) is 0 Å². The van der Waals surface area contributed by atoms with Crippen LogP contribution in [0.25, 0.3) is 0 Å². The lowest BCUT2D eigenvalue weighted by Crippen LogP contribution is -2.11. The van der Waals surface area contributed by atoms with Gasteiger partial charge in [-0.25, -0.2) is 0 Å². The number of Topliss-reactive ketones (excluding diaryl/α,β-unsaturated/α-hetero) is 1. The van der Waals surface area contributed by atoms with E-state index in [1.165, 1.54) is 7.11 Å². The Balaban J connectivity index is 2.52. The summed E-state index contributed by atoms with van der Waals surface area (Å²) in [5, 5.41) is 0. The molecule has 0 heterocycles. The minimum atomic E-state index is -0.482. The SMILES string of the molecule is COC(=O)CC(=O)C1=CCCC=C1. The second-order valence-electron chi connectivity index (χ2n) is 2.82. The first kappa shape index (κ1) is 9.71. The second kappa shape index (κ2) is 4.60. The Morgan fingerprint density at radius 2 is 2.23 bits per heavy atom. The van der Waals surface area contributed by atoms with Gasteiger partial charge in [0.1, 0.15) is 6.42 Å². The summed E-state index contributed by atoms with van der Waals surface area (Å²) in [6, 6.07) is 0. The molecule has 0 saturated heterocycles. The number of hydrogen-bond donors (Lipinski definition) is 0. The Labute approximate surface area is 77.1 Å². The molecular formula is C10H12O3. The van der Waals surface area contributed by atoms with E-state index in [1.54, 1.807) is 6.08 Å². The van der Waals surface area contributed by atoms with Gasteiger partial charge in [0.25, 0.3) is 0 Å². The Morgan fingerprint density at radius 3 is 2.77 bits per heavy atom. The molecule has 0 atom stereocenters. The van der Waals surface area contributed by atoms with E-state index >= 15 is 0 Å². The van der Waals surface area contributed by atoms with Gasteiger partial charge in [0, 0.05) is 5.57 Å². The summed E-state index contributed by atoms with van der Waals surface area (Å²) >= 11 is 0. The minimum Gasteiger partial charge on any atom is -0.469 e. The third-order valence-corrected chi connectivity index (χ3v) is 1.85. The van der Waals surface area contributed by atoms with Crippen molar-refractivity contribution in [3.8, 4) is 0 Å². The predicted octanol–water partition coefficient (Wildman–Crippen LogP) is 1.40. The molecule has 13 heavy (non-hydrogen) atoms. The maximum atomic E-state index is 11.3. The highest BCUT2D eigenvalue weighted by Gasteiger charge is 2.13. The van der Waals surface area contributed by atoms with E-state index in [4.69, 9.17) is 0 Å². The third-order valence-electron chi connectivity index (χ3n) is 1.85. The largest absolute Gasteiger partial charge is 0.469 e. The molecule has 0 aromatic rings. The molecular weight excluding hydrogens is 168 g/mol. The Kier molecular flexibility index (Phi) is 3.43. The topological polar surface area (TPSA) is 43.4 Å². The highest BCUT2D eigenvalue weighted by Crippen LogP contribution is 2.12. The minimum absolute atomic E-state index is 0.160. The summed E-state index contributed by atoms with van der Waals surface area (Å²) in [4.78, 5) is 22.1. The molecule has 0 bridgehead atoms. The highest BCUT2D eigenvalue weighted by molar-refractivity contribution is 6.07. The zero-order chi connectivity index (χ0) is 9.68. The number of allylic oxidation sites excluding steroid dienone is 4. The number of esters is 1. The van der Waals surface area contributed by atoms with E-state index < -0.39 is 5.97 Å². The molecule has 0 unspecified atom stereocenters. The van der Waals surface area contributed by atoms with Crippen LogP contribution in [0.4, 0.5) is 0 Å². The fourth-order valence-electron chi connectivity index (χ4n) is 1.13. The van der Waals surface area contributed by atoms with Gasteiger partial charge in [-0.2, -0.15) is 0 Å². The van der Waals surface area contributed by atoms with Crippen molar-refractivity contribution >= 4 is 11.8 Å². The standard InChI is InChI=1S/C10H12O3/c1-13-10(12)7-9(11)8-5-3-2-4-6-8/h3,5-6H,2,4,7H2,1H3. The molecule has 0 spiro atoms. The van der Waals surface area contributed by atoms with Crippen molar-refractivity contribution in [3.05, 3.63) is 23.8 Å². The van der Waals surface area contributed by atoms with Crippen LogP contribution in [-0.4, -0.2) is 18.9 Å². The lowest BCUT2D eigenvalue weighted by atomic mass is 10.0. The number of carbonyl (C=O) groups is 2. The van der Waals surface area contributed by atoms with Crippen LogP contribution in [0, 0.1) is 0 Å². The first-order chi connectivity index (χ1) is 6.24. The van der Waals surface area contributed by atoms with Crippen molar-refractivity contribution in [1.82, 2.24) is 0 Å². The smallest absolute Gasteiger partial charge is 0.313 e. The van der Waals surface area contributed by atoms with Gasteiger partial charge >= 0.3 is 5.97 Å². The molecule has 0 saturated carbocycles. The Bertz CT molecular complexity index is 274. The van der Waals surface area contributed by atoms with Crippen LogP contribution in [0.15, 0.2) is 23.8 Å². The van der Waals surface area contributed by atoms with Gasteiger partial charge in [-0.3, -0.25) is 9.59 Å². The van der Waals surface area contributed by atoms with Gasteiger partial charge in [0.2, 0.25) is 0 Å². The first-order valence-electron chi connectivity index (χ1n) is 4.20. The summed E-state index contributed by atoms with van der Waals surface area (Å²) < 4.78 is 4.40. The van der Waals surface area contributed by atoms with E-state index in [0.717, 1.165) is 12.8 Å². The molecule has 1 rings (SSSR count). The van der Waals surface area contributed by atoms with Crippen molar-refractivity contribution in [2.24, 2.45) is 0 Å². The Hall–Kier alpha value is -1.38. The lowest BCUT2D eigenvalue weighted by Gasteiger charge is -2.04. The van der Waals surface area contributed by atoms with E-state index in [9.17, 15) is 9.59 Å². The maximum Gasteiger partial charge on any atom is 0.313 e. The van der Waals surface area contributed by atoms with E-state index in [-0.39, 0.29) is 12.2 Å². The average molecular weight is 180 g/mol. The number of carbonyl (C=O) groups excluding carboxylic acids is 2. The van der Waals surface area contributed by atoms with E-state index in [0.29, 0.717) is 5.57 Å². The zero-order valence-corrected chi connectivity index (χ0v) is 7.58. The molecule has 0 aromatic carbocycles. The first-order valence-corrected chi connectivity index (χ1v) is 4.20. The monoisotopic (exact) mass is 180 g/mol. The molecule has 3 heteroatoms. The molecule has 0 aliphatic heterocycles. The molecule has 0 fully saturated rings. The number of methoxy groups -OCH3 is 1. The molecule has 3 nitrogen and oxygen atoms in total. The number of ether oxygens (including phenoxy) is 1. The fraction of sp³-hybridized carbons (Fsp3) is 0.400. The van der Waals surface area contributed by atoms with Gasteiger partial charge in [-0.1, -0.05) is 18.2 Å². The second-order valence-corrected chi connectivity index (χ2v) is 2.82. The summed E-state index contributed by atoms with van der Waals surface area (Å²) in [7, 11) is 1.28. The number of hydrogen-bond acceptors (Lipinski definition) is 3. The van der Waals surface area contributed by atoms with Crippen LogP contribution in [-0.2, 0) is 14.3 Å². The summed E-state index contributed by atoms with van der Waals surface area (Å²) in [6.07, 6.45) is 7.23. The van der Waals surface area contributed by atoms with Crippen LogP contribution < -0.4 is 0 Å². The molecule has 0 N–H and O–H groups in total. The highest BCUT2D eigenvalue weighted by atomic mass is 16.5. The third kappa shape index (κ3) is 2.86. The summed E-state index contributed by atoms with van der Waals surface area (Å²) in [6.45, 7) is 0. The quantitative estimate of drug-likeness (QED) is 0.487. The van der Waals surface area contributed by atoms with Crippen LogP contribution in [0.1, 0.15) is 19.3 Å². The summed E-state index contributed by atoms with van der Waals surface area (Å²) in [5.74, 6) is -0.646. The van der Waals surface area contributed by atoms with Gasteiger partial charge < -0.3 is 4.74 Å². The molecule has 0 aromatic heterocycles. The van der Waals surface area contributed by atoms with Crippen molar-refractivity contribution in [2.75, 3.05) is 7.11 Å². The van der Waals surface area contributed by atoms with Gasteiger partial charge in [-0.05, 0) is 12.8 Å². The van der Waals surface area contributed by atoms with Crippen molar-refractivity contribution in [2.45, 2.75) is 19.3 Å². The normalized spacial score (nSPS) is 15.0. The van der Waals surface area contributed by atoms with E-state index in [1.807, 2.05) is 12.2 Å². The average Bonchev–Trinajstić information content (AvgIpc) is 2.19. The van der Waals surface area contributed by atoms with Gasteiger partial charge in [0.05, 0.1) is 7.11 Å². The van der Waals surface area contributed by atoms with Crippen molar-refractivity contribution < 1.29 is 14.3 Å². The molecule has 0 radical (unpaired) electrons. The van der Waals surface area contributed by atoms with Gasteiger partial charge in [0.15, 0.2) is 5.78 Å². The summed E-state index contributed by atoms with van der Waals surface area (Å²) in [5.41, 5.74) is 0.622. The predicted molar refractivity (Wildman–Crippen MR) is 48.1 cm³/mol. The van der Waals surface area contributed by atoms with Crippen molar-refractivity contribution in [1.29, 1.82) is 0 Å². The van der Waals surface area contributed by atoms with Gasteiger partial charge in [-0.15, -0.1) is 0 Å². The van der Waals surface area contributed by atoms with E-state index in [2.05, 4.69) is 4.74 Å².